The number of hydrogen-bond donors (Lipinski definition) is 2. The lowest BCUT2D eigenvalue weighted by molar-refractivity contribution is 0.102. The molecule has 0 spiro atoms. The van der Waals surface area contributed by atoms with Gasteiger partial charge in [-0.25, -0.2) is 0 Å². The molecule has 0 atom stereocenters. The van der Waals surface area contributed by atoms with Gasteiger partial charge in [-0.05, 0) is 64.8 Å². The Hall–Kier alpha value is -1.52. The maximum Gasteiger partial charge on any atom is 0.255 e. The van der Waals surface area contributed by atoms with Crippen molar-refractivity contribution >= 4 is 44.8 Å². The lowest BCUT2D eigenvalue weighted by Gasteiger charge is -2.10. The van der Waals surface area contributed by atoms with Crippen molar-refractivity contribution in [1.82, 2.24) is 0 Å². The van der Waals surface area contributed by atoms with Crippen molar-refractivity contribution in [2.75, 3.05) is 17.7 Å². The summed E-state index contributed by atoms with van der Waals surface area (Å²) in [5.41, 5.74) is 3.20. The molecule has 0 heterocycles. The van der Waals surface area contributed by atoms with Crippen LogP contribution in [0.3, 0.4) is 0 Å². The van der Waals surface area contributed by atoms with E-state index in [-0.39, 0.29) is 5.91 Å². The molecule has 2 N–H and O–H groups in total. The molecule has 0 aromatic heterocycles. The summed E-state index contributed by atoms with van der Waals surface area (Å²) in [6.07, 6.45) is 0. The minimum atomic E-state index is -0.149. The van der Waals surface area contributed by atoms with Crippen LogP contribution < -0.4 is 10.6 Å². The molecular weight excluding hydrogens is 340 g/mol. The zero-order chi connectivity index (χ0) is 14.7. The summed E-state index contributed by atoms with van der Waals surface area (Å²) in [7, 11) is 1.85. The molecule has 3 nitrogen and oxygen atoms in total. The highest BCUT2D eigenvalue weighted by Gasteiger charge is 2.10. The Labute approximate surface area is 131 Å². The molecule has 0 fully saturated rings. The quantitative estimate of drug-likeness (QED) is 0.839. The van der Waals surface area contributed by atoms with Crippen molar-refractivity contribution < 1.29 is 4.79 Å². The third kappa shape index (κ3) is 3.32. The van der Waals surface area contributed by atoms with Gasteiger partial charge < -0.3 is 10.6 Å². The van der Waals surface area contributed by atoms with E-state index in [0.717, 1.165) is 15.7 Å². The first-order chi connectivity index (χ1) is 9.51. The van der Waals surface area contributed by atoms with Gasteiger partial charge in [0.1, 0.15) is 0 Å². The highest BCUT2D eigenvalue weighted by molar-refractivity contribution is 9.10. The Morgan fingerprint density at radius 2 is 1.85 bits per heavy atom. The largest absolute Gasteiger partial charge is 0.388 e. The number of carbonyl (C=O) groups excluding carboxylic acids is 1. The summed E-state index contributed by atoms with van der Waals surface area (Å²) in [6, 6.07) is 10.9. The van der Waals surface area contributed by atoms with Crippen LogP contribution >= 0.6 is 27.5 Å². The van der Waals surface area contributed by atoms with Gasteiger partial charge in [0, 0.05) is 28.5 Å². The Morgan fingerprint density at radius 1 is 1.15 bits per heavy atom. The molecule has 2 aromatic rings. The molecule has 0 aliphatic rings. The number of amides is 1. The summed E-state index contributed by atoms with van der Waals surface area (Å²) in [5.74, 6) is -0.149. The van der Waals surface area contributed by atoms with Crippen LogP contribution in [0.4, 0.5) is 11.4 Å². The molecule has 0 bridgehead atoms. The first-order valence-electron chi connectivity index (χ1n) is 6.06. The number of hydrogen-bond acceptors (Lipinski definition) is 2. The van der Waals surface area contributed by atoms with Gasteiger partial charge in [0.05, 0.1) is 5.02 Å². The molecule has 5 heteroatoms. The third-order valence-corrected chi connectivity index (χ3v) is 4.17. The molecule has 0 radical (unpaired) electrons. The van der Waals surface area contributed by atoms with E-state index in [1.807, 2.05) is 26.1 Å². The van der Waals surface area contributed by atoms with Crippen LogP contribution in [0.15, 0.2) is 40.9 Å². The second-order valence-electron chi connectivity index (χ2n) is 4.36. The highest BCUT2D eigenvalue weighted by Crippen LogP contribution is 2.26. The first kappa shape index (κ1) is 14.9. The van der Waals surface area contributed by atoms with Crippen LogP contribution in [-0.4, -0.2) is 13.0 Å². The number of nitrogens with one attached hydrogen (secondary N) is 2. The first-order valence-corrected chi connectivity index (χ1v) is 7.23. The van der Waals surface area contributed by atoms with Gasteiger partial charge in [0.25, 0.3) is 5.91 Å². The fourth-order valence-electron chi connectivity index (χ4n) is 1.85. The summed E-state index contributed by atoms with van der Waals surface area (Å²) in [5, 5.41) is 6.44. The van der Waals surface area contributed by atoms with Crippen molar-refractivity contribution in [3.63, 3.8) is 0 Å². The Kier molecular flexibility index (Phi) is 4.68. The Bertz CT molecular complexity index is 658. The Morgan fingerprint density at radius 3 is 2.45 bits per heavy atom. The van der Waals surface area contributed by atoms with Crippen LogP contribution in [0, 0.1) is 6.92 Å². The molecule has 0 aliphatic carbocycles. The summed E-state index contributed by atoms with van der Waals surface area (Å²) < 4.78 is 0.798. The zero-order valence-corrected chi connectivity index (χ0v) is 13.5. The SMILES string of the molecule is CNc1ccc(C(=O)Nc2ccc(Br)c(Cl)c2)c(C)c1. The fraction of sp³-hybridized carbons (Fsp3) is 0.133. The van der Waals surface area contributed by atoms with Crippen LogP contribution in [0.2, 0.25) is 5.02 Å². The fourth-order valence-corrected chi connectivity index (χ4v) is 2.27. The van der Waals surface area contributed by atoms with E-state index < -0.39 is 0 Å². The van der Waals surface area contributed by atoms with Crippen molar-refractivity contribution in [1.29, 1.82) is 0 Å². The molecule has 0 unspecified atom stereocenters. The lowest BCUT2D eigenvalue weighted by atomic mass is 10.1. The van der Waals surface area contributed by atoms with E-state index in [4.69, 9.17) is 11.6 Å². The van der Waals surface area contributed by atoms with Gasteiger partial charge in [-0.1, -0.05) is 11.6 Å². The summed E-state index contributed by atoms with van der Waals surface area (Å²) in [6.45, 7) is 1.91. The van der Waals surface area contributed by atoms with E-state index in [9.17, 15) is 4.79 Å². The number of rotatable bonds is 3. The number of halogens is 2. The van der Waals surface area contributed by atoms with E-state index in [1.165, 1.54) is 0 Å². The zero-order valence-electron chi connectivity index (χ0n) is 11.1. The summed E-state index contributed by atoms with van der Waals surface area (Å²) in [4.78, 5) is 12.2. The van der Waals surface area contributed by atoms with E-state index in [2.05, 4.69) is 26.6 Å². The van der Waals surface area contributed by atoms with Gasteiger partial charge in [0.2, 0.25) is 0 Å². The maximum absolute atomic E-state index is 12.2. The molecular formula is C15H14BrClN2O. The summed E-state index contributed by atoms with van der Waals surface area (Å²) >= 11 is 9.32. The molecule has 0 saturated carbocycles. The topological polar surface area (TPSA) is 41.1 Å². The molecule has 2 rings (SSSR count). The molecule has 0 saturated heterocycles. The van der Waals surface area contributed by atoms with Gasteiger partial charge in [-0.2, -0.15) is 0 Å². The number of aryl methyl sites for hydroxylation is 1. The predicted octanol–water partition coefficient (Wildman–Crippen LogP) is 4.70. The van der Waals surface area contributed by atoms with Gasteiger partial charge >= 0.3 is 0 Å². The van der Waals surface area contributed by atoms with Crippen molar-refractivity contribution in [2.24, 2.45) is 0 Å². The van der Waals surface area contributed by atoms with E-state index >= 15 is 0 Å². The second-order valence-corrected chi connectivity index (χ2v) is 5.62. The highest BCUT2D eigenvalue weighted by atomic mass is 79.9. The minimum Gasteiger partial charge on any atom is -0.388 e. The molecule has 104 valence electrons. The number of anilines is 2. The Balaban J connectivity index is 2.21. The molecule has 2 aromatic carbocycles. The molecule has 20 heavy (non-hydrogen) atoms. The van der Waals surface area contributed by atoms with E-state index in [0.29, 0.717) is 16.3 Å². The average molecular weight is 354 g/mol. The maximum atomic E-state index is 12.2. The predicted molar refractivity (Wildman–Crippen MR) is 87.8 cm³/mol. The lowest BCUT2D eigenvalue weighted by Crippen LogP contribution is -2.13. The van der Waals surface area contributed by atoms with Crippen molar-refractivity contribution in [3.05, 3.63) is 57.0 Å². The van der Waals surface area contributed by atoms with Crippen molar-refractivity contribution in [2.45, 2.75) is 6.92 Å². The molecule has 0 aliphatic heterocycles. The monoisotopic (exact) mass is 352 g/mol. The number of carbonyl (C=O) groups is 1. The van der Waals surface area contributed by atoms with Gasteiger partial charge in [-0.15, -0.1) is 0 Å². The number of benzene rings is 2. The normalized spacial score (nSPS) is 10.2. The van der Waals surface area contributed by atoms with Crippen LogP contribution in [-0.2, 0) is 0 Å². The van der Waals surface area contributed by atoms with Gasteiger partial charge in [-0.3, -0.25) is 4.79 Å². The third-order valence-electron chi connectivity index (χ3n) is 2.94. The van der Waals surface area contributed by atoms with E-state index in [1.54, 1.807) is 24.3 Å². The average Bonchev–Trinajstić information content (AvgIpc) is 2.42. The van der Waals surface area contributed by atoms with Crippen LogP contribution in [0.25, 0.3) is 0 Å². The minimum absolute atomic E-state index is 0.149. The second kappa shape index (κ2) is 6.29. The van der Waals surface area contributed by atoms with Crippen LogP contribution in [0.1, 0.15) is 15.9 Å². The smallest absolute Gasteiger partial charge is 0.255 e. The van der Waals surface area contributed by atoms with Crippen LogP contribution in [0.5, 0.6) is 0 Å². The van der Waals surface area contributed by atoms with Gasteiger partial charge in [0.15, 0.2) is 0 Å². The molecule has 1 amide bonds. The van der Waals surface area contributed by atoms with Crippen molar-refractivity contribution in [3.8, 4) is 0 Å². The standard InChI is InChI=1S/C15H14BrClN2O/c1-9-7-10(18-2)3-5-12(9)15(20)19-11-4-6-13(16)14(17)8-11/h3-8,18H,1-2H3,(H,19,20).